The van der Waals surface area contributed by atoms with E-state index in [0.717, 1.165) is 43.4 Å². The fourth-order valence-corrected chi connectivity index (χ4v) is 3.59. The van der Waals surface area contributed by atoms with Gasteiger partial charge in [-0.2, -0.15) is 0 Å². The van der Waals surface area contributed by atoms with Gasteiger partial charge in [0.15, 0.2) is 0 Å². The third-order valence-corrected chi connectivity index (χ3v) is 5.24. The van der Waals surface area contributed by atoms with Crippen molar-refractivity contribution >= 4 is 27.3 Å². The first-order chi connectivity index (χ1) is 11.7. The van der Waals surface area contributed by atoms with E-state index in [-0.39, 0.29) is 12.5 Å². The second kappa shape index (κ2) is 9.65. The molecule has 0 atom stereocenters. The van der Waals surface area contributed by atoms with Crippen LogP contribution in [0.25, 0.3) is 0 Å². The van der Waals surface area contributed by atoms with E-state index in [1.807, 2.05) is 26.0 Å². The molecule has 1 amide bonds. The lowest BCUT2D eigenvalue weighted by atomic mass is 10.1. The van der Waals surface area contributed by atoms with Crippen molar-refractivity contribution in [3.8, 4) is 0 Å². The Bertz CT molecular complexity index is 670. The molecule has 142 valence electrons. The van der Waals surface area contributed by atoms with Gasteiger partial charge in [-0.25, -0.2) is 8.42 Å². The second-order valence-electron chi connectivity index (χ2n) is 6.12. The molecule has 0 saturated heterocycles. The quantitative estimate of drug-likeness (QED) is 0.644. The average molecular weight is 370 g/mol. The van der Waals surface area contributed by atoms with E-state index < -0.39 is 10.0 Å². The molecule has 0 aliphatic rings. The number of hydrogen-bond acceptors (Lipinski definition) is 4. The summed E-state index contributed by atoms with van der Waals surface area (Å²) in [5.74, 6) is -0.286. The van der Waals surface area contributed by atoms with Gasteiger partial charge in [-0.15, -0.1) is 0 Å². The Morgan fingerprint density at radius 1 is 1.16 bits per heavy atom. The second-order valence-corrected chi connectivity index (χ2v) is 8.02. The zero-order valence-electron chi connectivity index (χ0n) is 16.0. The first kappa shape index (κ1) is 21.3. The lowest BCUT2D eigenvalue weighted by Crippen LogP contribution is -2.41. The Morgan fingerprint density at radius 3 is 2.28 bits per heavy atom. The van der Waals surface area contributed by atoms with Crippen LogP contribution in [0.4, 0.5) is 11.4 Å². The van der Waals surface area contributed by atoms with E-state index >= 15 is 0 Å². The van der Waals surface area contributed by atoms with Crippen LogP contribution in [0.3, 0.4) is 0 Å². The van der Waals surface area contributed by atoms with Gasteiger partial charge in [0.2, 0.25) is 15.9 Å². The van der Waals surface area contributed by atoms with Gasteiger partial charge in [-0.05, 0) is 51.0 Å². The smallest absolute Gasteiger partial charge is 0.240 e. The van der Waals surface area contributed by atoms with E-state index in [0.29, 0.717) is 12.2 Å². The van der Waals surface area contributed by atoms with Crippen LogP contribution in [-0.4, -0.2) is 46.8 Å². The molecule has 0 spiro atoms. The molecule has 1 N–H and O–H groups in total. The first-order valence-corrected chi connectivity index (χ1v) is 10.7. The molecule has 1 rings (SSSR count). The third-order valence-electron chi connectivity index (χ3n) is 4.12. The summed E-state index contributed by atoms with van der Waals surface area (Å²) in [6, 6.07) is 5.65. The Labute approximate surface area is 152 Å². The van der Waals surface area contributed by atoms with Crippen molar-refractivity contribution in [1.29, 1.82) is 0 Å². The highest BCUT2D eigenvalue weighted by Crippen LogP contribution is 2.27. The van der Waals surface area contributed by atoms with E-state index in [1.54, 1.807) is 6.07 Å². The molecule has 6 nitrogen and oxygen atoms in total. The minimum Gasteiger partial charge on any atom is -0.372 e. The lowest BCUT2D eigenvalue weighted by Gasteiger charge is -2.26. The summed E-state index contributed by atoms with van der Waals surface area (Å²) in [6.45, 7) is 10.2. The van der Waals surface area contributed by atoms with E-state index in [4.69, 9.17) is 0 Å². The average Bonchev–Trinajstić information content (AvgIpc) is 2.54. The maximum atomic E-state index is 12.2. The molecule has 0 heterocycles. The molecule has 1 aromatic carbocycles. The number of aryl methyl sites for hydroxylation is 1. The van der Waals surface area contributed by atoms with Gasteiger partial charge in [0.05, 0.1) is 11.9 Å². The minimum absolute atomic E-state index is 0.200. The monoisotopic (exact) mass is 369 g/mol. The highest BCUT2D eigenvalue weighted by Gasteiger charge is 2.22. The van der Waals surface area contributed by atoms with Gasteiger partial charge in [-0.3, -0.25) is 9.10 Å². The predicted molar refractivity (Wildman–Crippen MR) is 105 cm³/mol. The van der Waals surface area contributed by atoms with Gasteiger partial charge in [0.1, 0.15) is 6.54 Å². The first-order valence-electron chi connectivity index (χ1n) is 8.84. The molecule has 0 radical (unpaired) electrons. The van der Waals surface area contributed by atoms with Crippen molar-refractivity contribution in [2.45, 2.75) is 40.5 Å². The maximum absolute atomic E-state index is 12.2. The Balaban J connectivity index is 3.06. The molecule has 0 unspecified atom stereocenters. The number of unbranched alkanes of at least 4 members (excludes halogenated alkanes) is 1. The van der Waals surface area contributed by atoms with Crippen LogP contribution in [0.15, 0.2) is 18.2 Å². The molecular formula is C18H31N3O3S. The van der Waals surface area contributed by atoms with Gasteiger partial charge >= 0.3 is 0 Å². The molecule has 0 saturated carbocycles. The fourth-order valence-electron chi connectivity index (χ4n) is 2.68. The van der Waals surface area contributed by atoms with E-state index in [2.05, 4.69) is 24.1 Å². The molecule has 25 heavy (non-hydrogen) atoms. The molecule has 0 aromatic heterocycles. The summed E-state index contributed by atoms with van der Waals surface area (Å²) in [4.78, 5) is 14.3. The lowest BCUT2D eigenvalue weighted by molar-refractivity contribution is -0.119. The molecule has 0 fully saturated rings. The SMILES string of the molecule is CCCCNC(=O)CN(c1ccc(N(CC)CC)cc1C)S(C)(=O)=O. The summed E-state index contributed by atoms with van der Waals surface area (Å²) in [6.07, 6.45) is 2.98. The normalized spacial score (nSPS) is 11.2. The van der Waals surface area contributed by atoms with Crippen LogP contribution in [0, 0.1) is 6.92 Å². The van der Waals surface area contributed by atoms with Crippen LogP contribution in [0.1, 0.15) is 39.2 Å². The highest BCUT2D eigenvalue weighted by atomic mass is 32.2. The van der Waals surface area contributed by atoms with Crippen LogP contribution in [0.2, 0.25) is 0 Å². The van der Waals surface area contributed by atoms with Crippen molar-refractivity contribution in [1.82, 2.24) is 5.32 Å². The van der Waals surface area contributed by atoms with Crippen molar-refractivity contribution in [3.05, 3.63) is 23.8 Å². The standard InChI is InChI=1S/C18H31N3O3S/c1-6-9-12-19-18(22)14-21(25(5,23)24)17-11-10-16(13-15(17)4)20(7-2)8-3/h10-11,13H,6-9,12,14H2,1-5H3,(H,19,22). The van der Waals surface area contributed by atoms with Crippen LogP contribution in [-0.2, 0) is 14.8 Å². The van der Waals surface area contributed by atoms with Crippen LogP contribution in [0.5, 0.6) is 0 Å². The minimum atomic E-state index is -3.55. The molecule has 7 heteroatoms. The number of nitrogens with zero attached hydrogens (tertiary/aromatic N) is 2. The van der Waals surface area contributed by atoms with Gasteiger partial charge < -0.3 is 10.2 Å². The molecule has 0 aliphatic heterocycles. The van der Waals surface area contributed by atoms with Gasteiger partial charge in [0.25, 0.3) is 0 Å². The Hall–Kier alpha value is -1.76. The highest BCUT2D eigenvalue weighted by molar-refractivity contribution is 7.92. The Kier molecular flexibility index (Phi) is 8.22. The zero-order chi connectivity index (χ0) is 19.0. The number of rotatable bonds is 10. The van der Waals surface area contributed by atoms with E-state index in [1.165, 1.54) is 4.31 Å². The summed E-state index contributed by atoms with van der Waals surface area (Å²) < 4.78 is 25.6. The summed E-state index contributed by atoms with van der Waals surface area (Å²) >= 11 is 0. The number of carbonyl (C=O) groups is 1. The number of benzene rings is 1. The maximum Gasteiger partial charge on any atom is 0.240 e. The van der Waals surface area contributed by atoms with Gasteiger partial charge in [-0.1, -0.05) is 13.3 Å². The summed E-state index contributed by atoms with van der Waals surface area (Å²) in [5, 5.41) is 2.77. The van der Waals surface area contributed by atoms with E-state index in [9.17, 15) is 13.2 Å². The topological polar surface area (TPSA) is 69.7 Å². The zero-order valence-corrected chi connectivity index (χ0v) is 16.8. The van der Waals surface area contributed by atoms with Crippen molar-refractivity contribution in [2.24, 2.45) is 0 Å². The Morgan fingerprint density at radius 2 is 1.80 bits per heavy atom. The number of anilines is 2. The van der Waals surface area contributed by atoms with Crippen molar-refractivity contribution in [3.63, 3.8) is 0 Å². The predicted octanol–water partition coefficient (Wildman–Crippen LogP) is 2.52. The third kappa shape index (κ3) is 6.23. The largest absolute Gasteiger partial charge is 0.372 e. The molecular weight excluding hydrogens is 338 g/mol. The number of sulfonamides is 1. The number of carbonyl (C=O) groups excluding carboxylic acids is 1. The molecule has 0 bridgehead atoms. The fraction of sp³-hybridized carbons (Fsp3) is 0.611. The van der Waals surface area contributed by atoms with Crippen molar-refractivity contribution < 1.29 is 13.2 Å². The van der Waals surface area contributed by atoms with Crippen LogP contribution >= 0.6 is 0 Å². The molecule has 0 aliphatic carbocycles. The van der Waals surface area contributed by atoms with Crippen molar-refractivity contribution in [2.75, 3.05) is 41.6 Å². The summed E-state index contributed by atoms with van der Waals surface area (Å²) in [7, 11) is -3.55. The number of amides is 1. The summed E-state index contributed by atoms with van der Waals surface area (Å²) in [5.41, 5.74) is 2.42. The van der Waals surface area contributed by atoms with Crippen LogP contribution < -0.4 is 14.5 Å². The molecule has 1 aromatic rings. The van der Waals surface area contributed by atoms with Gasteiger partial charge in [0, 0.05) is 25.3 Å². The number of hydrogen-bond donors (Lipinski definition) is 1. The number of nitrogens with one attached hydrogen (secondary N) is 1.